The first kappa shape index (κ1) is 18.0. The Bertz CT molecular complexity index is 221. The van der Waals surface area contributed by atoms with Gasteiger partial charge in [0.2, 0.25) is 0 Å². The molecule has 1 fully saturated rings. The molecule has 20 heavy (non-hydrogen) atoms. The monoisotopic (exact) mass is 283 g/mol. The summed E-state index contributed by atoms with van der Waals surface area (Å²) < 4.78 is 6.58. The maximum Gasteiger partial charge on any atom is 0.0809 e. The summed E-state index contributed by atoms with van der Waals surface area (Å²) in [5.74, 6) is 0. The van der Waals surface area contributed by atoms with Crippen LogP contribution in [0.2, 0.25) is 0 Å². The lowest BCUT2D eigenvalue weighted by Crippen LogP contribution is -2.44. The smallest absolute Gasteiger partial charge is 0.0809 e. The van der Waals surface area contributed by atoms with Gasteiger partial charge in [-0.3, -0.25) is 0 Å². The number of rotatable bonds is 10. The highest BCUT2D eigenvalue weighted by molar-refractivity contribution is 4.86. The van der Waals surface area contributed by atoms with Crippen LogP contribution in [-0.4, -0.2) is 24.8 Å². The molecule has 120 valence electrons. The standard InChI is InChI=1S/C18H37NO/c1-4-6-7-10-13-17(3)20-18(16-19-5-2)14-11-8-9-12-15-18/h17,19H,4-16H2,1-3H3. The molecule has 0 aliphatic heterocycles. The van der Waals surface area contributed by atoms with E-state index in [9.17, 15) is 0 Å². The van der Waals surface area contributed by atoms with Crippen molar-refractivity contribution in [2.75, 3.05) is 13.1 Å². The van der Waals surface area contributed by atoms with Crippen molar-refractivity contribution in [3.8, 4) is 0 Å². The second kappa shape index (κ2) is 10.6. The maximum absolute atomic E-state index is 6.58. The minimum atomic E-state index is 0.122. The molecule has 0 aromatic carbocycles. The highest BCUT2D eigenvalue weighted by Crippen LogP contribution is 2.32. The average molecular weight is 284 g/mol. The first-order valence-electron chi connectivity index (χ1n) is 9.11. The van der Waals surface area contributed by atoms with Crippen molar-refractivity contribution in [1.29, 1.82) is 0 Å². The first-order chi connectivity index (χ1) is 9.72. The van der Waals surface area contributed by atoms with Crippen molar-refractivity contribution in [3.05, 3.63) is 0 Å². The van der Waals surface area contributed by atoms with Gasteiger partial charge in [0, 0.05) is 6.54 Å². The molecule has 1 atom stereocenters. The molecule has 0 bridgehead atoms. The molecule has 1 saturated carbocycles. The molecule has 0 heterocycles. The summed E-state index contributed by atoms with van der Waals surface area (Å²) >= 11 is 0. The van der Waals surface area contributed by atoms with Gasteiger partial charge in [-0.1, -0.05) is 65.2 Å². The summed E-state index contributed by atoms with van der Waals surface area (Å²) in [6.45, 7) is 8.85. The molecule has 0 amide bonds. The maximum atomic E-state index is 6.58. The van der Waals surface area contributed by atoms with E-state index < -0.39 is 0 Å². The third kappa shape index (κ3) is 7.08. The van der Waals surface area contributed by atoms with E-state index in [0.29, 0.717) is 6.10 Å². The molecule has 2 heteroatoms. The van der Waals surface area contributed by atoms with E-state index in [4.69, 9.17) is 4.74 Å². The van der Waals surface area contributed by atoms with Crippen LogP contribution < -0.4 is 5.32 Å². The molecule has 0 saturated heterocycles. The quantitative estimate of drug-likeness (QED) is 0.447. The lowest BCUT2D eigenvalue weighted by atomic mass is 9.93. The Morgan fingerprint density at radius 1 is 1.00 bits per heavy atom. The van der Waals surface area contributed by atoms with Crippen molar-refractivity contribution in [2.45, 2.75) is 103 Å². The number of hydrogen-bond donors (Lipinski definition) is 1. The van der Waals surface area contributed by atoms with Crippen molar-refractivity contribution in [2.24, 2.45) is 0 Å². The van der Waals surface area contributed by atoms with Gasteiger partial charge in [0.15, 0.2) is 0 Å². The number of hydrogen-bond acceptors (Lipinski definition) is 2. The average Bonchev–Trinajstić information content (AvgIpc) is 2.67. The summed E-state index contributed by atoms with van der Waals surface area (Å²) in [5, 5.41) is 3.54. The van der Waals surface area contributed by atoms with E-state index in [1.807, 2.05) is 0 Å². The molecular formula is C18H37NO. The fourth-order valence-corrected chi connectivity index (χ4v) is 3.41. The van der Waals surface area contributed by atoms with Gasteiger partial charge in [-0.25, -0.2) is 0 Å². The second-order valence-corrected chi connectivity index (χ2v) is 6.66. The Hall–Kier alpha value is -0.0800. The van der Waals surface area contributed by atoms with E-state index in [2.05, 4.69) is 26.1 Å². The molecule has 1 aliphatic rings. The lowest BCUT2D eigenvalue weighted by Gasteiger charge is -2.36. The van der Waals surface area contributed by atoms with E-state index in [-0.39, 0.29) is 5.60 Å². The van der Waals surface area contributed by atoms with Gasteiger partial charge in [-0.15, -0.1) is 0 Å². The number of nitrogens with one attached hydrogen (secondary N) is 1. The third-order valence-corrected chi connectivity index (χ3v) is 4.63. The van der Waals surface area contributed by atoms with Crippen molar-refractivity contribution in [1.82, 2.24) is 5.32 Å². The van der Waals surface area contributed by atoms with Crippen LogP contribution >= 0.6 is 0 Å². The topological polar surface area (TPSA) is 21.3 Å². The molecular weight excluding hydrogens is 246 g/mol. The third-order valence-electron chi connectivity index (χ3n) is 4.63. The minimum Gasteiger partial charge on any atom is -0.371 e. The van der Waals surface area contributed by atoms with Crippen LogP contribution in [0, 0.1) is 0 Å². The number of likely N-dealkylation sites (N-methyl/N-ethyl adjacent to an activating group) is 1. The minimum absolute atomic E-state index is 0.122. The molecule has 1 unspecified atom stereocenters. The van der Waals surface area contributed by atoms with Gasteiger partial charge < -0.3 is 10.1 Å². The van der Waals surface area contributed by atoms with Crippen LogP contribution in [0.5, 0.6) is 0 Å². The van der Waals surface area contributed by atoms with Crippen LogP contribution in [0.3, 0.4) is 0 Å². The Labute approximate surface area is 127 Å². The van der Waals surface area contributed by atoms with Gasteiger partial charge in [0.1, 0.15) is 0 Å². The van der Waals surface area contributed by atoms with Crippen molar-refractivity contribution < 1.29 is 4.74 Å². The zero-order valence-electron chi connectivity index (χ0n) is 14.2. The van der Waals surface area contributed by atoms with Crippen LogP contribution in [0.15, 0.2) is 0 Å². The van der Waals surface area contributed by atoms with E-state index in [0.717, 1.165) is 13.1 Å². The lowest BCUT2D eigenvalue weighted by molar-refractivity contribution is -0.0971. The Balaban J connectivity index is 2.41. The summed E-state index contributed by atoms with van der Waals surface area (Å²) in [7, 11) is 0. The van der Waals surface area contributed by atoms with Crippen LogP contribution in [0.4, 0.5) is 0 Å². The Kier molecular flexibility index (Phi) is 9.54. The first-order valence-corrected chi connectivity index (χ1v) is 9.11. The number of unbranched alkanes of at least 4 members (excludes halogenated alkanes) is 3. The van der Waals surface area contributed by atoms with E-state index in [1.54, 1.807) is 0 Å². The fourth-order valence-electron chi connectivity index (χ4n) is 3.41. The number of ether oxygens (including phenoxy) is 1. The van der Waals surface area contributed by atoms with Gasteiger partial charge in [0.25, 0.3) is 0 Å². The zero-order chi connectivity index (χ0) is 14.7. The summed E-state index contributed by atoms with van der Waals surface area (Å²) in [5.41, 5.74) is 0.122. The van der Waals surface area contributed by atoms with Crippen LogP contribution in [0.1, 0.15) is 91.4 Å². The van der Waals surface area contributed by atoms with E-state index >= 15 is 0 Å². The van der Waals surface area contributed by atoms with Gasteiger partial charge in [-0.05, 0) is 32.7 Å². The predicted molar refractivity (Wildman–Crippen MR) is 88.3 cm³/mol. The molecule has 0 radical (unpaired) electrons. The second-order valence-electron chi connectivity index (χ2n) is 6.66. The van der Waals surface area contributed by atoms with Gasteiger partial charge in [0.05, 0.1) is 11.7 Å². The predicted octanol–water partition coefficient (Wildman–Crippen LogP) is 5.06. The highest BCUT2D eigenvalue weighted by atomic mass is 16.5. The molecule has 0 aromatic rings. The van der Waals surface area contributed by atoms with Crippen molar-refractivity contribution >= 4 is 0 Å². The highest BCUT2D eigenvalue weighted by Gasteiger charge is 2.32. The fraction of sp³-hybridized carbons (Fsp3) is 1.00. The Morgan fingerprint density at radius 2 is 1.70 bits per heavy atom. The molecule has 0 aromatic heterocycles. The van der Waals surface area contributed by atoms with Gasteiger partial charge in [-0.2, -0.15) is 0 Å². The normalized spacial score (nSPS) is 20.6. The SMILES string of the molecule is CCCCCCC(C)OC1(CNCC)CCCCCC1. The molecule has 1 N–H and O–H groups in total. The van der Waals surface area contributed by atoms with Crippen LogP contribution in [-0.2, 0) is 4.74 Å². The summed E-state index contributed by atoms with van der Waals surface area (Å²) in [6.07, 6.45) is 15.0. The molecule has 1 rings (SSSR count). The van der Waals surface area contributed by atoms with Crippen LogP contribution in [0.25, 0.3) is 0 Å². The summed E-state index contributed by atoms with van der Waals surface area (Å²) in [6, 6.07) is 0. The largest absolute Gasteiger partial charge is 0.371 e. The summed E-state index contributed by atoms with van der Waals surface area (Å²) in [4.78, 5) is 0. The van der Waals surface area contributed by atoms with Gasteiger partial charge >= 0.3 is 0 Å². The zero-order valence-corrected chi connectivity index (χ0v) is 14.2. The van der Waals surface area contributed by atoms with Crippen molar-refractivity contribution in [3.63, 3.8) is 0 Å². The van der Waals surface area contributed by atoms with E-state index in [1.165, 1.54) is 70.6 Å². The Morgan fingerprint density at radius 3 is 2.30 bits per heavy atom. The molecule has 0 spiro atoms. The molecule has 2 nitrogen and oxygen atoms in total. The molecule has 1 aliphatic carbocycles.